The third-order valence-corrected chi connectivity index (χ3v) is 2.90. The average Bonchev–Trinajstić information content (AvgIpc) is 2.42. The van der Waals surface area contributed by atoms with Crippen LogP contribution in [0.3, 0.4) is 0 Å². The summed E-state index contributed by atoms with van der Waals surface area (Å²) < 4.78 is 5.25. The van der Waals surface area contributed by atoms with E-state index in [-0.39, 0.29) is 6.61 Å². The first-order valence-corrected chi connectivity index (χ1v) is 6.24. The van der Waals surface area contributed by atoms with Gasteiger partial charge in [-0.2, -0.15) is 0 Å². The summed E-state index contributed by atoms with van der Waals surface area (Å²) in [6, 6.07) is 5.85. The van der Waals surface area contributed by atoms with Gasteiger partial charge in [0.1, 0.15) is 12.4 Å². The van der Waals surface area contributed by atoms with Crippen LogP contribution in [0.4, 0.5) is 0 Å². The Morgan fingerprint density at radius 2 is 2.00 bits per heavy atom. The zero-order valence-corrected chi connectivity index (χ0v) is 11.4. The third-order valence-electron chi connectivity index (χ3n) is 2.90. The molecule has 0 heterocycles. The van der Waals surface area contributed by atoms with Gasteiger partial charge in [-0.05, 0) is 36.9 Å². The van der Waals surface area contributed by atoms with Crippen LogP contribution in [-0.4, -0.2) is 36.8 Å². The van der Waals surface area contributed by atoms with Crippen molar-refractivity contribution in [2.45, 2.75) is 20.4 Å². The third kappa shape index (κ3) is 4.06. The highest BCUT2D eigenvalue weighted by Crippen LogP contribution is 2.18. The van der Waals surface area contributed by atoms with Crippen LogP contribution in [0.15, 0.2) is 18.2 Å². The van der Waals surface area contributed by atoms with Gasteiger partial charge in [0.05, 0.1) is 7.11 Å². The SMILES string of the molecule is CCN(CC)Cc1cc(OC)ccc1C#CCO. The zero-order chi connectivity index (χ0) is 13.4. The van der Waals surface area contributed by atoms with Crippen molar-refractivity contribution < 1.29 is 9.84 Å². The van der Waals surface area contributed by atoms with Crippen LogP contribution in [0.5, 0.6) is 5.75 Å². The van der Waals surface area contributed by atoms with Gasteiger partial charge in [0.15, 0.2) is 0 Å². The number of benzene rings is 1. The van der Waals surface area contributed by atoms with E-state index in [2.05, 4.69) is 30.6 Å². The zero-order valence-electron chi connectivity index (χ0n) is 11.4. The molecule has 98 valence electrons. The fourth-order valence-electron chi connectivity index (χ4n) is 1.77. The highest BCUT2D eigenvalue weighted by molar-refractivity contribution is 5.45. The Hall–Kier alpha value is -1.50. The lowest BCUT2D eigenvalue weighted by atomic mass is 10.1. The smallest absolute Gasteiger partial charge is 0.119 e. The van der Waals surface area contributed by atoms with Crippen LogP contribution in [0, 0.1) is 11.8 Å². The summed E-state index contributed by atoms with van der Waals surface area (Å²) in [5, 5.41) is 8.78. The van der Waals surface area contributed by atoms with Crippen LogP contribution in [0.2, 0.25) is 0 Å². The van der Waals surface area contributed by atoms with Crippen molar-refractivity contribution in [3.05, 3.63) is 29.3 Å². The molecule has 0 bridgehead atoms. The number of rotatable bonds is 5. The van der Waals surface area contributed by atoms with Gasteiger partial charge < -0.3 is 9.84 Å². The molecule has 0 atom stereocenters. The molecule has 1 aromatic carbocycles. The Morgan fingerprint density at radius 1 is 1.28 bits per heavy atom. The second-order valence-electron chi connectivity index (χ2n) is 3.94. The molecule has 3 nitrogen and oxygen atoms in total. The van der Waals surface area contributed by atoms with Gasteiger partial charge in [-0.15, -0.1) is 0 Å². The number of hydrogen-bond donors (Lipinski definition) is 1. The number of aliphatic hydroxyl groups excluding tert-OH is 1. The lowest BCUT2D eigenvalue weighted by molar-refractivity contribution is 0.295. The fourth-order valence-corrected chi connectivity index (χ4v) is 1.77. The molecule has 0 spiro atoms. The fraction of sp³-hybridized carbons (Fsp3) is 0.467. The topological polar surface area (TPSA) is 32.7 Å². The van der Waals surface area contributed by atoms with Gasteiger partial charge in [0.2, 0.25) is 0 Å². The molecule has 1 aromatic rings. The molecule has 0 unspecified atom stereocenters. The standard InChI is InChI=1S/C15H21NO2/c1-4-16(5-2)12-14-11-15(18-3)9-8-13(14)7-6-10-17/h8-9,11,17H,4-5,10,12H2,1-3H3. The van der Waals surface area contributed by atoms with E-state index in [1.807, 2.05) is 18.2 Å². The van der Waals surface area contributed by atoms with Crippen molar-refractivity contribution in [3.63, 3.8) is 0 Å². The molecule has 3 heteroatoms. The van der Waals surface area contributed by atoms with E-state index in [9.17, 15) is 0 Å². The van der Waals surface area contributed by atoms with Crippen molar-refractivity contribution in [3.8, 4) is 17.6 Å². The summed E-state index contributed by atoms with van der Waals surface area (Å²) in [6.45, 7) is 7.02. The molecular weight excluding hydrogens is 226 g/mol. The highest BCUT2D eigenvalue weighted by atomic mass is 16.5. The number of nitrogens with zero attached hydrogens (tertiary/aromatic N) is 1. The molecule has 0 radical (unpaired) electrons. The minimum Gasteiger partial charge on any atom is -0.497 e. The lowest BCUT2D eigenvalue weighted by Crippen LogP contribution is -2.22. The Bertz CT molecular complexity index is 428. The second kappa shape index (κ2) is 7.75. The number of hydrogen-bond acceptors (Lipinski definition) is 3. The monoisotopic (exact) mass is 247 g/mol. The van der Waals surface area contributed by atoms with Crippen molar-refractivity contribution in [1.82, 2.24) is 4.90 Å². The van der Waals surface area contributed by atoms with Gasteiger partial charge in [-0.3, -0.25) is 4.90 Å². The summed E-state index contributed by atoms with van der Waals surface area (Å²) in [4.78, 5) is 2.32. The Labute approximate surface area is 109 Å². The van der Waals surface area contributed by atoms with Gasteiger partial charge in [0, 0.05) is 12.1 Å². The maximum Gasteiger partial charge on any atom is 0.119 e. The van der Waals surface area contributed by atoms with Gasteiger partial charge in [-0.25, -0.2) is 0 Å². The summed E-state index contributed by atoms with van der Waals surface area (Å²) in [5.41, 5.74) is 2.09. The normalized spacial score (nSPS) is 10.1. The molecule has 18 heavy (non-hydrogen) atoms. The summed E-state index contributed by atoms with van der Waals surface area (Å²) in [6.07, 6.45) is 0. The Morgan fingerprint density at radius 3 is 2.56 bits per heavy atom. The van der Waals surface area contributed by atoms with Gasteiger partial charge in [0.25, 0.3) is 0 Å². The number of aliphatic hydroxyl groups is 1. The highest BCUT2D eigenvalue weighted by Gasteiger charge is 2.06. The van der Waals surface area contributed by atoms with Crippen LogP contribution >= 0.6 is 0 Å². The van der Waals surface area contributed by atoms with Crippen LogP contribution in [0.25, 0.3) is 0 Å². The molecule has 1 rings (SSSR count). The summed E-state index contributed by atoms with van der Waals surface area (Å²) >= 11 is 0. The summed E-state index contributed by atoms with van der Waals surface area (Å²) in [7, 11) is 1.66. The molecule has 0 saturated carbocycles. The maximum atomic E-state index is 8.78. The van der Waals surface area contributed by atoms with E-state index >= 15 is 0 Å². The quantitative estimate of drug-likeness (QED) is 0.806. The van der Waals surface area contributed by atoms with Crippen molar-refractivity contribution in [2.75, 3.05) is 26.8 Å². The van der Waals surface area contributed by atoms with E-state index in [4.69, 9.17) is 9.84 Å². The summed E-state index contributed by atoms with van der Waals surface area (Å²) in [5.74, 6) is 6.52. The molecule has 0 fully saturated rings. The first kappa shape index (κ1) is 14.6. The Balaban J connectivity index is 3.02. The predicted octanol–water partition coefficient (Wildman–Crippen LogP) is 1.88. The first-order valence-electron chi connectivity index (χ1n) is 6.24. The van der Waals surface area contributed by atoms with Gasteiger partial charge in [-0.1, -0.05) is 25.7 Å². The van der Waals surface area contributed by atoms with Crippen LogP contribution in [0.1, 0.15) is 25.0 Å². The first-order chi connectivity index (χ1) is 8.74. The largest absolute Gasteiger partial charge is 0.497 e. The molecule has 0 aliphatic carbocycles. The second-order valence-corrected chi connectivity index (χ2v) is 3.94. The molecule has 0 aromatic heterocycles. The van der Waals surface area contributed by atoms with Crippen LogP contribution in [-0.2, 0) is 6.54 Å². The molecule has 1 N–H and O–H groups in total. The Kier molecular flexibility index (Phi) is 6.27. The van der Waals surface area contributed by atoms with E-state index in [1.165, 1.54) is 0 Å². The number of ether oxygens (including phenoxy) is 1. The maximum absolute atomic E-state index is 8.78. The van der Waals surface area contributed by atoms with E-state index in [0.29, 0.717) is 0 Å². The van der Waals surface area contributed by atoms with E-state index < -0.39 is 0 Å². The minimum absolute atomic E-state index is 0.114. The van der Waals surface area contributed by atoms with E-state index in [1.54, 1.807) is 7.11 Å². The molecule has 0 amide bonds. The average molecular weight is 247 g/mol. The van der Waals surface area contributed by atoms with Crippen molar-refractivity contribution >= 4 is 0 Å². The molecule has 0 aliphatic heterocycles. The molecular formula is C15H21NO2. The number of methoxy groups -OCH3 is 1. The predicted molar refractivity (Wildman–Crippen MR) is 73.6 cm³/mol. The van der Waals surface area contributed by atoms with E-state index in [0.717, 1.165) is 36.5 Å². The van der Waals surface area contributed by atoms with Crippen molar-refractivity contribution in [2.24, 2.45) is 0 Å². The molecule has 0 saturated heterocycles. The van der Waals surface area contributed by atoms with Crippen molar-refractivity contribution in [1.29, 1.82) is 0 Å². The minimum atomic E-state index is -0.114. The van der Waals surface area contributed by atoms with Gasteiger partial charge >= 0.3 is 0 Å². The molecule has 0 aliphatic rings. The van der Waals surface area contributed by atoms with Crippen LogP contribution < -0.4 is 4.74 Å². The lowest BCUT2D eigenvalue weighted by Gasteiger charge is -2.19.